The Kier molecular flexibility index (Phi) is 5.68. The highest BCUT2D eigenvalue weighted by molar-refractivity contribution is 8.26. The van der Waals surface area contributed by atoms with E-state index in [-0.39, 0.29) is 18.3 Å². The van der Waals surface area contributed by atoms with Crippen LogP contribution in [0.15, 0.2) is 29.2 Å². The summed E-state index contributed by atoms with van der Waals surface area (Å²) in [6.45, 7) is 1.99. The molecule has 1 fully saturated rings. The van der Waals surface area contributed by atoms with Gasteiger partial charge < -0.3 is 4.74 Å². The van der Waals surface area contributed by atoms with Gasteiger partial charge in [-0.15, -0.1) is 0 Å². The predicted molar refractivity (Wildman–Crippen MR) is 87.5 cm³/mol. The molecule has 0 aliphatic carbocycles. The molecule has 1 aromatic carbocycles. The Hall–Kier alpha value is -1.73. The third kappa shape index (κ3) is 4.14. The predicted octanol–water partition coefficient (Wildman–Crippen LogP) is 2.98. The molecule has 1 aliphatic heterocycles. The zero-order chi connectivity index (χ0) is 16.1. The molecule has 0 aromatic heterocycles. The van der Waals surface area contributed by atoms with E-state index in [1.165, 1.54) is 17.0 Å². The van der Waals surface area contributed by atoms with Gasteiger partial charge in [-0.25, -0.2) is 4.39 Å². The second-order valence-electron chi connectivity index (χ2n) is 4.54. The molecule has 2 rings (SSSR count). The normalized spacial score (nSPS) is 16.5. The van der Waals surface area contributed by atoms with Crippen LogP contribution in [0.2, 0.25) is 0 Å². The third-order valence-electron chi connectivity index (χ3n) is 2.77. The van der Waals surface area contributed by atoms with E-state index in [2.05, 4.69) is 0 Å². The molecule has 4 nitrogen and oxygen atoms in total. The van der Waals surface area contributed by atoms with E-state index in [9.17, 15) is 14.0 Å². The first-order chi connectivity index (χ1) is 10.5. The van der Waals surface area contributed by atoms with Crippen LogP contribution in [0.5, 0.6) is 0 Å². The monoisotopic (exact) mass is 339 g/mol. The van der Waals surface area contributed by atoms with E-state index in [1.54, 1.807) is 18.2 Å². The number of nitrogens with zero attached hydrogens (tertiary/aromatic N) is 1. The van der Waals surface area contributed by atoms with Gasteiger partial charge in [0, 0.05) is 0 Å². The van der Waals surface area contributed by atoms with Crippen molar-refractivity contribution in [3.8, 4) is 0 Å². The second-order valence-corrected chi connectivity index (χ2v) is 6.22. The Bertz CT molecular complexity index is 645. The first-order valence-electron chi connectivity index (χ1n) is 6.68. The number of amides is 1. The van der Waals surface area contributed by atoms with Crippen molar-refractivity contribution in [2.45, 2.75) is 13.3 Å². The van der Waals surface area contributed by atoms with Crippen LogP contribution in [0.1, 0.15) is 18.9 Å². The number of halogens is 1. The highest BCUT2D eigenvalue weighted by Crippen LogP contribution is 2.32. The van der Waals surface area contributed by atoms with E-state index in [4.69, 9.17) is 17.0 Å². The van der Waals surface area contributed by atoms with Crippen molar-refractivity contribution in [2.75, 3.05) is 13.2 Å². The first-order valence-corrected chi connectivity index (χ1v) is 7.90. The topological polar surface area (TPSA) is 46.6 Å². The molecule has 1 amide bonds. The van der Waals surface area contributed by atoms with Crippen LogP contribution in [0.4, 0.5) is 4.39 Å². The smallest absolute Gasteiger partial charge is 0.326 e. The Morgan fingerprint density at radius 2 is 2.27 bits per heavy atom. The number of thiocarbonyl (C=S) groups is 1. The largest absolute Gasteiger partial charge is 0.464 e. The minimum atomic E-state index is -0.495. The zero-order valence-electron chi connectivity index (χ0n) is 11.9. The minimum absolute atomic E-state index is 0.203. The molecule has 0 N–H and O–H groups in total. The van der Waals surface area contributed by atoms with Crippen LogP contribution >= 0.6 is 24.0 Å². The summed E-state index contributed by atoms with van der Waals surface area (Å²) in [4.78, 5) is 25.4. The van der Waals surface area contributed by atoms with Crippen molar-refractivity contribution in [3.63, 3.8) is 0 Å². The number of thioether (sulfide) groups is 1. The fraction of sp³-hybridized carbons (Fsp3) is 0.267. The summed E-state index contributed by atoms with van der Waals surface area (Å²) < 4.78 is 18.4. The van der Waals surface area contributed by atoms with Gasteiger partial charge in [-0.1, -0.05) is 43.0 Å². The average molecular weight is 339 g/mol. The van der Waals surface area contributed by atoms with Crippen molar-refractivity contribution in [1.82, 2.24) is 4.90 Å². The number of carbonyl (C=O) groups excluding carboxylic acids is 2. The highest BCUT2D eigenvalue weighted by Gasteiger charge is 2.33. The number of ether oxygens (including phenoxy) is 1. The van der Waals surface area contributed by atoms with Crippen LogP contribution in [0.25, 0.3) is 6.08 Å². The number of hydrogen-bond donors (Lipinski definition) is 0. The van der Waals surface area contributed by atoms with Gasteiger partial charge in [-0.05, 0) is 30.2 Å². The molecule has 22 heavy (non-hydrogen) atoms. The third-order valence-corrected chi connectivity index (χ3v) is 4.15. The lowest BCUT2D eigenvalue weighted by Gasteiger charge is -2.13. The summed E-state index contributed by atoms with van der Waals surface area (Å²) in [7, 11) is 0. The van der Waals surface area contributed by atoms with E-state index < -0.39 is 5.97 Å². The summed E-state index contributed by atoms with van der Waals surface area (Å²) >= 11 is 6.20. The van der Waals surface area contributed by atoms with Gasteiger partial charge in [-0.3, -0.25) is 14.5 Å². The molecular weight excluding hydrogens is 325 g/mol. The van der Waals surface area contributed by atoms with E-state index >= 15 is 0 Å². The van der Waals surface area contributed by atoms with Crippen LogP contribution in [-0.4, -0.2) is 34.2 Å². The summed E-state index contributed by atoms with van der Waals surface area (Å²) in [5, 5.41) is 0. The van der Waals surface area contributed by atoms with Crippen molar-refractivity contribution in [2.24, 2.45) is 0 Å². The molecule has 1 aliphatic rings. The van der Waals surface area contributed by atoms with Crippen LogP contribution in [0, 0.1) is 5.82 Å². The zero-order valence-corrected chi connectivity index (χ0v) is 13.5. The number of esters is 1. The molecule has 0 bridgehead atoms. The molecule has 0 saturated carbocycles. The van der Waals surface area contributed by atoms with E-state index in [1.807, 2.05) is 6.92 Å². The van der Waals surface area contributed by atoms with Gasteiger partial charge in [0.1, 0.15) is 16.7 Å². The maximum atomic E-state index is 13.2. The molecule has 0 atom stereocenters. The summed E-state index contributed by atoms with van der Waals surface area (Å²) in [6.07, 6.45) is 2.27. The maximum absolute atomic E-state index is 13.2. The molecule has 1 saturated heterocycles. The number of hydrogen-bond acceptors (Lipinski definition) is 5. The van der Waals surface area contributed by atoms with Crippen LogP contribution in [0.3, 0.4) is 0 Å². The SMILES string of the molecule is CCCOC(=O)CN1C(=O)C(=Cc2cccc(F)c2)SC1=S. The van der Waals surface area contributed by atoms with E-state index in [0.717, 1.165) is 11.8 Å². The number of rotatable bonds is 5. The standard InChI is InChI=1S/C15H14FNO3S2/c1-2-6-20-13(18)9-17-14(19)12(22-15(17)21)8-10-4-3-5-11(16)7-10/h3-5,7-8H,2,6,9H2,1H3. The van der Waals surface area contributed by atoms with Gasteiger partial charge in [0.2, 0.25) is 0 Å². The van der Waals surface area contributed by atoms with Crippen LogP contribution < -0.4 is 0 Å². The average Bonchev–Trinajstić information content (AvgIpc) is 2.73. The maximum Gasteiger partial charge on any atom is 0.326 e. The molecule has 1 aromatic rings. The van der Waals surface area contributed by atoms with Crippen LogP contribution in [-0.2, 0) is 14.3 Å². The Morgan fingerprint density at radius 1 is 1.50 bits per heavy atom. The van der Waals surface area contributed by atoms with Gasteiger partial charge >= 0.3 is 5.97 Å². The highest BCUT2D eigenvalue weighted by atomic mass is 32.2. The minimum Gasteiger partial charge on any atom is -0.464 e. The molecule has 1 heterocycles. The van der Waals surface area contributed by atoms with Crippen molar-refractivity contribution < 1.29 is 18.7 Å². The summed E-state index contributed by atoms with van der Waals surface area (Å²) in [5.74, 6) is -1.25. The van der Waals surface area contributed by atoms with Gasteiger partial charge in [0.15, 0.2) is 0 Å². The fourth-order valence-electron chi connectivity index (χ4n) is 1.77. The molecule has 0 radical (unpaired) electrons. The number of carbonyl (C=O) groups is 2. The lowest BCUT2D eigenvalue weighted by Crippen LogP contribution is -2.34. The van der Waals surface area contributed by atoms with Crippen molar-refractivity contribution >= 4 is 46.3 Å². The Morgan fingerprint density at radius 3 is 2.95 bits per heavy atom. The first kappa shape index (κ1) is 16.6. The molecular formula is C15H14FNO3S2. The van der Waals surface area contributed by atoms with Crippen molar-refractivity contribution in [3.05, 3.63) is 40.6 Å². The van der Waals surface area contributed by atoms with Gasteiger partial charge in [-0.2, -0.15) is 0 Å². The summed E-state index contributed by atoms with van der Waals surface area (Å²) in [6, 6.07) is 5.89. The van der Waals surface area contributed by atoms with E-state index in [0.29, 0.717) is 27.8 Å². The van der Waals surface area contributed by atoms with Gasteiger partial charge in [0.25, 0.3) is 5.91 Å². The molecule has 116 valence electrons. The lowest BCUT2D eigenvalue weighted by molar-refractivity contribution is -0.146. The molecule has 7 heteroatoms. The summed E-state index contributed by atoms with van der Waals surface area (Å²) in [5.41, 5.74) is 0.564. The lowest BCUT2D eigenvalue weighted by atomic mass is 10.2. The molecule has 0 unspecified atom stereocenters. The fourth-order valence-corrected chi connectivity index (χ4v) is 3.03. The quantitative estimate of drug-likeness (QED) is 0.469. The Balaban J connectivity index is 2.10. The Labute approximate surface area is 137 Å². The number of benzene rings is 1. The molecule has 0 spiro atoms. The van der Waals surface area contributed by atoms with Crippen molar-refractivity contribution in [1.29, 1.82) is 0 Å². The second kappa shape index (κ2) is 7.51. The van der Waals surface area contributed by atoms with Gasteiger partial charge in [0.05, 0.1) is 11.5 Å².